The van der Waals surface area contributed by atoms with E-state index in [-0.39, 0.29) is 0 Å². The monoisotopic (exact) mass is 346 g/mol. The van der Waals surface area contributed by atoms with Crippen molar-refractivity contribution in [3.05, 3.63) is 64.2 Å². The van der Waals surface area contributed by atoms with Crippen LogP contribution in [-0.4, -0.2) is 5.11 Å². The molecule has 3 aromatic rings. The first-order valence-electron chi connectivity index (χ1n) is 5.72. The summed E-state index contributed by atoms with van der Waals surface area (Å²) in [4.78, 5) is 0. The molecule has 88 valence electrons. The van der Waals surface area contributed by atoms with Crippen molar-refractivity contribution >= 4 is 33.4 Å². The van der Waals surface area contributed by atoms with Crippen molar-refractivity contribution < 1.29 is 5.11 Å². The molecular weight excluding hydrogens is 335 g/mol. The topological polar surface area (TPSA) is 20.2 Å². The lowest BCUT2D eigenvalue weighted by atomic mass is 9.98. The van der Waals surface area contributed by atoms with Crippen molar-refractivity contribution in [1.29, 1.82) is 0 Å². The molecule has 0 aromatic heterocycles. The van der Waals surface area contributed by atoms with Crippen molar-refractivity contribution in [1.82, 2.24) is 0 Å². The quantitative estimate of drug-likeness (QED) is 0.627. The number of aromatic hydroxyl groups is 1. The Morgan fingerprint density at radius 1 is 0.778 bits per heavy atom. The third-order valence-electron chi connectivity index (χ3n) is 3.03. The highest BCUT2D eigenvalue weighted by Crippen LogP contribution is 2.33. The lowest BCUT2D eigenvalue weighted by Crippen LogP contribution is -1.85. The molecule has 1 N–H and O–H groups in total. The summed E-state index contributed by atoms with van der Waals surface area (Å²) in [6.07, 6.45) is 0. The normalized spacial score (nSPS) is 10.7. The third kappa shape index (κ3) is 1.97. The van der Waals surface area contributed by atoms with E-state index in [9.17, 15) is 5.11 Å². The molecule has 0 saturated heterocycles. The number of halogens is 1. The summed E-state index contributed by atoms with van der Waals surface area (Å²) >= 11 is 2.36. The Kier molecular flexibility index (Phi) is 2.96. The molecule has 2 heteroatoms. The SMILES string of the molecule is Oc1ccc(-c2c(I)ccc3ccccc23)cc1. The fourth-order valence-electron chi connectivity index (χ4n) is 2.17. The first kappa shape index (κ1) is 11.5. The molecule has 0 spiro atoms. The largest absolute Gasteiger partial charge is 0.508 e. The summed E-state index contributed by atoms with van der Waals surface area (Å²) in [5.74, 6) is 0.300. The molecule has 0 fully saturated rings. The van der Waals surface area contributed by atoms with Crippen LogP contribution in [0.5, 0.6) is 5.75 Å². The zero-order chi connectivity index (χ0) is 12.5. The van der Waals surface area contributed by atoms with E-state index in [2.05, 4.69) is 59.0 Å². The second-order valence-electron chi connectivity index (χ2n) is 4.19. The summed E-state index contributed by atoms with van der Waals surface area (Å²) < 4.78 is 1.22. The van der Waals surface area contributed by atoms with Crippen LogP contribution in [0.3, 0.4) is 0 Å². The van der Waals surface area contributed by atoms with Gasteiger partial charge in [0.2, 0.25) is 0 Å². The summed E-state index contributed by atoms with van der Waals surface area (Å²) in [5, 5.41) is 11.9. The molecule has 1 nitrogen and oxygen atoms in total. The second kappa shape index (κ2) is 4.61. The molecule has 0 amide bonds. The Balaban J connectivity index is 2.33. The predicted octanol–water partition coefficient (Wildman–Crippen LogP) is 4.82. The Morgan fingerprint density at radius 2 is 1.50 bits per heavy atom. The predicted molar refractivity (Wildman–Crippen MR) is 83.8 cm³/mol. The van der Waals surface area contributed by atoms with Gasteiger partial charge >= 0.3 is 0 Å². The number of rotatable bonds is 1. The van der Waals surface area contributed by atoms with Gasteiger partial charge in [-0.3, -0.25) is 0 Å². The maximum absolute atomic E-state index is 9.38. The van der Waals surface area contributed by atoms with Gasteiger partial charge in [-0.05, 0) is 57.1 Å². The van der Waals surface area contributed by atoms with E-state index < -0.39 is 0 Å². The molecular formula is C16H11IO. The van der Waals surface area contributed by atoms with Gasteiger partial charge in [0, 0.05) is 9.13 Å². The minimum absolute atomic E-state index is 0.300. The van der Waals surface area contributed by atoms with Gasteiger partial charge in [-0.25, -0.2) is 0 Å². The first-order valence-corrected chi connectivity index (χ1v) is 6.80. The molecule has 0 aliphatic rings. The first-order chi connectivity index (χ1) is 8.75. The average Bonchev–Trinajstić information content (AvgIpc) is 2.40. The van der Waals surface area contributed by atoms with Gasteiger partial charge in [0.1, 0.15) is 5.75 Å². The second-order valence-corrected chi connectivity index (χ2v) is 5.35. The van der Waals surface area contributed by atoms with Crippen LogP contribution in [0.2, 0.25) is 0 Å². The smallest absolute Gasteiger partial charge is 0.115 e. The highest BCUT2D eigenvalue weighted by atomic mass is 127. The molecule has 0 radical (unpaired) electrons. The van der Waals surface area contributed by atoms with Gasteiger partial charge in [0.15, 0.2) is 0 Å². The number of phenolic OH excluding ortho intramolecular Hbond substituents is 1. The van der Waals surface area contributed by atoms with Gasteiger partial charge < -0.3 is 5.11 Å². The molecule has 0 unspecified atom stereocenters. The van der Waals surface area contributed by atoms with Crippen LogP contribution in [0.4, 0.5) is 0 Å². The van der Waals surface area contributed by atoms with E-state index in [0.29, 0.717) is 5.75 Å². The van der Waals surface area contributed by atoms with Gasteiger partial charge in [-0.1, -0.05) is 42.5 Å². The van der Waals surface area contributed by atoms with E-state index in [1.807, 2.05) is 12.1 Å². The van der Waals surface area contributed by atoms with Gasteiger partial charge in [-0.2, -0.15) is 0 Å². The molecule has 0 heterocycles. The van der Waals surface area contributed by atoms with Crippen molar-refractivity contribution in [2.24, 2.45) is 0 Å². The Bertz CT molecular complexity index is 702. The zero-order valence-electron chi connectivity index (χ0n) is 9.60. The summed E-state index contributed by atoms with van der Waals surface area (Å²) in [7, 11) is 0. The van der Waals surface area contributed by atoms with Crippen LogP contribution in [0.15, 0.2) is 60.7 Å². The van der Waals surface area contributed by atoms with Crippen LogP contribution in [0.1, 0.15) is 0 Å². The number of hydrogen-bond acceptors (Lipinski definition) is 1. The lowest BCUT2D eigenvalue weighted by molar-refractivity contribution is 0.475. The Labute approximate surface area is 119 Å². The fraction of sp³-hybridized carbons (Fsp3) is 0. The van der Waals surface area contributed by atoms with Crippen LogP contribution in [0, 0.1) is 3.57 Å². The van der Waals surface area contributed by atoms with E-state index in [1.54, 1.807) is 12.1 Å². The molecule has 3 rings (SSSR count). The standard InChI is InChI=1S/C16H11IO/c17-15-10-7-11-3-1-2-4-14(11)16(15)12-5-8-13(18)9-6-12/h1-10,18H. The highest BCUT2D eigenvalue weighted by molar-refractivity contribution is 14.1. The fourth-order valence-corrected chi connectivity index (χ4v) is 2.95. The van der Waals surface area contributed by atoms with Crippen LogP contribution in [-0.2, 0) is 0 Å². The number of phenols is 1. The third-order valence-corrected chi connectivity index (χ3v) is 3.93. The van der Waals surface area contributed by atoms with Crippen molar-refractivity contribution in [2.75, 3.05) is 0 Å². The Hall–Kier alpha value is -1.55. The number of fused-ring (bicyclic) bond motifs is 1. The molecule has 3 aromatic carbocycles. The minimum atomic E-state index is 0.300. The average molecular weight is 346 g/mol. The van der Waals surface area contributed by atoms with Crippen molar-refractivity contribution in [3.63, 3.8) is 0 Å². The zero-order valence-corrected chi connectivity index (χ0v) is 11.8. The lowest BCUT2D eigenvalue weighted by Gasteiger charge is -2.09. The maximum Gasteiger partial charge on any atom is 0.115 e. The van der Waals surface area contributed by atoms with E-state index in [1.165, 1.54) is 19.9 Å². The maximum atomic E-state index is 9.38. The molecule has 0 atom stereocenters. The number of benzene rings is 3. The number of hydrogen-bond donors (Lipinski definition) is 1. The molecule has 0 aliphatic heterocycles. The van der Waals surface area contributed by atoms with E-state index >= 15 is 0 Å². The van der Waals surface area contributed by atoms with Gasteiger partial charge in [-0.15, -0.1) is 0 Å². The summed E-state index contributed by atoms with van der Waals surface area (Å²) in [6.45, 7) is 0. The summed E-state index contributed by atoms with van der Waals surface area (Å²) in [5.41, 5.74) is 2.36. The van der Waals surface area contributed by atoms with E-state index in [0.717, 1.165) is 5.56 Å². The van der Waals surface area contributed by atoms with Crippen molar-refractivity contribution in [3.8, 4) is 16.9 Å². The summed E-state index contributed by atoms with van der Waals surface area (Å²) in [6, 6.07) is 20.0. The molecule has 0 bridgehead atoms. The highest BCUT2D eigenvalue weighted by Gasteiger charge is 2.07. The van der Waals surface area contributed by atoms with Crippen LogP contribution in [0.25, 0.3) is 21.9 Å². The van der Waals surface area contributed by atoms with Crippen molar-refractivity contribution in [2.45, 2.75) is 0 Å². The van der Waals surface area contributed by atoms with E-state index in [4.69, 9.17) is 0 Å². The van der Waals surface area contributed by atoms with Gasteiger partial charge in [0.25, 0.3) is 0 Å². The minimum Gasteiger partial charge on any atom is -0.508 e. The molecule has 0 saturated carbocycles. The Morgan fingerprint density at radius 3 is 2.28 bits per heavy atom. The molecule has 0 aliphatic carbocycles. The van der Waals surface area contributed by atoms with Crippen LogP contribution >= 0.6 is 22.6 Å². The van der Waals surface area contributed by atoms with Gasteiger partial charge in [0.05, 0.1) is 0 Å². The van der Waals surface area contributed by atoms with Crippen LogP contribution < -0.4 is 0 Å². The molecule has 18 heavy (non-hydrogen) atoms.